The van der Waals surface area contributed by atoms with E-state index in [2.05, 4.69) is 65.9 Å². The summed E-state index contributed by atoms with van der Waals surface area (Å²) < 4.78 is 6.42. The Morgan fingerprint density at radius 3 is 2.13 bits per heavy atom. The van der Waals surface area contributed by atoms with Crippen molar-refractivity contribution in [1.82, 2.24) is 5.32 Å². The highest BCUT2D eigenvalue weighted by molar-refractivity contribution is 6.01. The number of nitrogens with one attached hydrogen (secondary N) is 1. The number of carboxylic acid groups (broad SMARTS) is 1. The zero-order chi connectivity index (χ0) is 39.4. The standard InChI is InChI=1S/C47H67NO6/c1-27(2)38-33(49)25-47(26-37(50)48-28(3)29-14-12-11-13-15-29)23-22-45(9)30(39(38)47)16-17-35-44(8)20-19-36(43(6,7)34(44)18-21-46(35,45)10)54-41(53)32-24-31(40(51)52)42(32,4)5/h11-15,27-28,30-32,34-36H,16-26H2,1-10H3,(H,48,50)(H,51,52)/t28-,30+,31-,32+,34-,35+,36-,44-,45+,46+,47-/m0/s1. The number of rotatable bonds is 8. The highest BCUT2D eigenvalue weighted by Gasteiger charge is 2.70. The lowest BCUT2D eigenvalue weighted by molar-refractivity contribution is -0.236. The van der Waals surface area contributed by atoms with Crippen LogP contribution < -0.4 is 5.32 Å². The fraction of sp³-hybridized carbons (Fsp3) is 0.745. The minimum Gasteiger partial charge on any atom is -0.481 e. The maximum absolute atomic E-state index is 14.1. The van der Waals surface area contributed by atoms with Crippen LogP contribution in [0.25, 0.3) is 0 Å². The van der Waals surface area contributed by atoms with Gasteiger partial charge in [-0.1, -0.05) is 98.2 Å². The second-order valence-corrected chi connectivity index (χ2v) is 21.1. The number of ketones is 1. The number of benzene rings is 1. The molecule has 1 aromatic rings. The van der Waals surface area contributed by atoms with Crippen LogP contribution in [0.5, 0.6) is 0 Å². The van der Waals surface area contributed by atoms with Crippen LogP contribution in [-0.4, -0.2) is 34.8 Å². The summed E-state index contributed by atoms with van der Waals surface area (Å²) in [5.41, 5.74) is 2.38. The van der Waals surface area contributed by atoms with E-state index in [1.165, 1.54) is 5.57 Å². The molecule has 7 rings (SSSR count). The number of hydrogen-bond acceptors (Lipinski definition) is 5. The van der Waals surface area contributed by atoms with Gasteiger partial charge in [-0.2, -0.15) is 0 Å². The molecule has 6 aliphatic carbocycles. The van der Waals surface area contributed by atoms with Gasteiger partial charge in [-0.3, -0.25) is 19.2 Å². The molecule has 54 heavy (non-hydrogen) atoms. The molecule has 6 aliphatic rings. The predicted octanol–water partition coefficient (Wildman–Crippen LogP) is 9.89. The van der Waals surface area contributed by atoms with Crippen molar-refractivity contribution in [2.75, 3.05) is 0 Å². The van der Waals surface area contributed by atoms with E-state index < -0.39 is 22.7 Å². The SMILES string of the molecule is CC(C)C1=C2[C@H]3CC[C@@H]4[C@@]5(C)CC[C@H](OC(=O)[C@H]6C[C@@H](C(=O)O)C6(C)C)C(C)(C)[C@@H]5CC[C@@]4(C)[C@]3(C)CC[C@@]2(CC(=O)N[C@@H](C)c2ccccc2)CC1=O. The van der Waals surface area contributed by atoms with Crippen LogP contribution in [0.3, 0.4) is 0 Å². The first-order valence-corrected chi connectivity index (χ1v) is 21.2. The van der Waals surface area contributed by atoms with Crippen LogP contribution in [0.2, 0.25) is 0 Å². The highest BCUT2D eigenvalue weighted by atomic mass is 16.5. The van der Waals surface area contributed by atoms with Crippen molar-refractivity contribution < 1.29 is 29.0 Å². The Morgan fingerprint density at radius 1 is 0.815 bits per heavy atom. The second kappa shape index (κ2) is 13.0. The van der Waals surface area contributed by atoms with Crippen molar-refractivity contribution in [3.05, 3.63) is 47.0 Å². The lowest BCUT2D eigenvalue weighted by Crippen LogP contribution is -2.66. The topological polar surface area (TPSA) is 110 Å². The number of ether oxygens (including phenoxy) is 1. The first-order chi connectivity index (χ1) is 25.1. The van der Waals surface area contributed by atoms with Gasteiger partial charge in [0.2, 0.25) is 5.91 Å². The number of allylic oxidation sites excluding steroid dienone is 2. The molecule has 0 aliphatic heterocycles. The molecule has 0 saturated heterocycles. The number of esters is 1. The summed E-state index contributed by atoms with van der Waals surface area (Å²) in [6.45, 7) is 22.5. The molecule has 5 saturated carbocycles. The smallest absolute Gasteiger partial charge is 0.309 e. The Bertz CT molecular complexity index is 1740. The third-order valence-electron chi connectivity index (χ3n) is 17.8. The molecule has 1 amide bonds. The number of Topliss-reactive ketones (excluding diaryl/α,β-unsaturated/α-hetero) is 1. The van der Waals surface area contributed by atoms with Gasteiger partial charge in [0, 0.05) is 23.7 Å². The van der Waals surface area contributed by atoms with E-state index in [1.807, 2.05) is 39.0 Å². The Labute approximate surface area is 324 Å². The van der Waals surface area contributed by atoms with Gasteiger partial charge in [-0.05, 0) is 121 Å². The summed E-state index contributed by atoms with van der Waals surface area (Å²) >= 11 is 0. The Morgan fingerprint density at radius 2 is 1.50 bits per heavy atom. The third-order valence-corrected chi connectivity index (χ3v) is 17.8. The average molecular weight is 742 g/mol. The minimum atomic E-state index is -0.828. The summed E-state index contributed by atoms with van der Waals surface area (Å²) in [5, 5.41) is 13.0. The van der Waals surface area contributed by atoms with Crippen LogP contribution in [0, 0.1) is 68.0 Å². The number of carbonyl (C=O) groups is 4. The fourth-order valence-electron chi connectivity index (χ4n) is 14.5. The van der Waals surface area contributed by atoms with E-state index in [9.17, 15) is 24.3 Å². The predicted molar refractivity (Wildman–Crippen MR) is 210 cm³/mol. The summed E-state index contributed by atoms with van der Waals surface area (Å²) in [6, 6.07) is 10.0. The molecule has 7 nitrogen and oxygen atoms in total. The number of carboxylic acids is 1. The molecule has 0 bridgehead atoms. The van der Waals surface area contributed by atoms with Crippen molar-refractivity contribution >= 4 is 23.6 Å². The van der Waals surface area contributed by atoms with Gasteiger partial charge in [-0.25, -0.2) is 0 Å². The molecule has 2 N–H and O–H groups in total. The number of aliphatic carboxylic acids is 1. The second-order valence-electron chi connectivity index (χ2n) is 21.1. The van der Waals surface area contributed by atoms with Gasteiger partial charge < -0.3 is 15.2 Å². The largest absolute Gasteiger partial charge is 0.481 e. The molecule has 1 aromatic carbocycles. The van der Waals surface area contributed by atoms with Crippen LogP contribution in [0.4, 0.5) is 0 Å². The molecule has 5 fully saturated rings. The quantitative estimate of drug-likeness (QED) is 0.257. The van der Waals surface area contributed by atoms with Crippen molar-refractivity contribution in [3.63, 3.8) is 0 Å². The fourth-order valence-corrected chi connectivity index (χ4v) is 14.5. The first kappa shape index (κ1) is 39.3. The Balaban J connectivity index is 1.13. The van der Waals surface area contributed by atoms with Gasteiger partial charge >= 0.3 is 11.9 Å². The van der Waals surface area contributed by atoms with E-state index in [0.29, 0.717) is 31.1 Å². The highest BCUT2D eigenvalue weighted by Crippen LogP contribution is 2.77. The number of carbonyl (C=O) groups excluding carboxylic acids is 3. The number of hydrogen-bond donors (Lipinski definition) is 2. The average Bonchev–Trinajstić information content (AvgIpc) is 3.37. The van der Waals surface area contributed by atoms with Crippen molar-refractivity contribution in [1.29, 1.82) is 0 Å². The van der Waals surface area contributed by atoms with Crippen LogP contribution in [0.15, 0.2) is 41.5 Å². The van der Waals surface area contributed by atoms with Crippen molar-refractivity contribution in [3.8, 4) is 0 Å². The van der Waals surface area contributed by atoms with Gasteiger partial charge in [0.05, 0.1) is 17.9 Å². The normalized spacial score (nSPS) is 41.1. The molecule has 7 heteroatoms. The first-order valence-electron chi connectivity index (χ1n) is 21.2. The van der Waals surface area contributed by atoms with Crippen molar-refractivity contribution in [2.24, 2.45) is 68.0 Å². The molecular formula is C47H67NO6. The van der Waals surface area contributed by atoms with E-state index >= 15 is 0 Å². The Hall–Kier alpha value is -2.96. The van der Waals surface area contributed by atoms with E-state index in [1.54, 1.807) is 0 Å². The molecule has 0 radical (unpaired) electrons. The Kier molecular flexibility index (Phi) is 9.49. The van der Waals surface area contributed by atoms with Crippen LogP contribution in [0.1, 0.15) is 151 Å². The third kappa shape index (κ3) is 5.61. The maximum atomic E-state index is 14.1. The zero-order valence-corrected chi connectivity index (χ0v) is 34.8. The van der Waals surface area contributed by atoms with E-state index in [0.717, 1.165) is 62.5 Å². The lowest BCUT2D eigenvalue weighted by atomic mass is 9.33. The summed E-state index contributed by atoms with van der Waals surface area (Å²) in [5.74, 6) is -0.328. The van der Waals surface area contributed by atoms with Gasteiger partial charge in [-0.15, -0.1) is 0 Å². The molecule has 0 unspecified atom stereocenters. The molecule has 296 valence electrons. The molecular weight excluding hydrogens is 675 g/mol. The molecule has 0 aromatic heterocycles. The molecule has 0 heterocycles. The number of amides is 1. The van der Waals surface area contributed by atoms with Gasteiger partial charge in [0.1, 0.15) is 6.10 Å². The zero-order valence-electron chi connectivity index (χ0n) is 34.8. The summed E-state index contributed by atoms with van der Waals surface area (Å²) in [7, 11) is 0. The van der Waals surface area contributed by atoms with Gasteiger partial charge in [0.25, 0.3) is 0 Å². The van der Waals surface area contributed by atoms with Gasteiger partial charge in [0.15, 0.2) is 5.78 Å². The lowest BCUT2D eigenvalue weighted by Gasteiger charge is -2.72. The van der Waals surface area contributed by atoms with Crippen LogP contribution >= 0.6 is 0 Å². The maximum Gasteiger partial charge on any atom is 0.309 e. The van der Waals surface area contributed by atoms with E-state index in [-0.39, 0.29) is 69.2 Å². The summed E-state index contributed by atoms with van der Waals surface area (Å²) in [6.07, 6.45) is 9.05. The molecule has 11 atom stereocenters. The van der Waals surface area contributed by atoms with Crippen LogP contribution in [-0.2, 0) is 23.9 Å². The molecule has 0 spiro atoms. The monoisotopic (exact) mass is 741 g/mol. The van der Waals surface area contributed by atoms with E-state index in [4.69, 9.17) is 4.74 Å². The number of fused-ring (bicyclic) bond motifs is 7. The van der Waals surface area contributed by atoms with Crippen molar-refractivity contribution in [2.45, 2.75) is 152 Å². The summed E-state index contributed by atoms with van der Waals surface area (Å²) in [4.78, 5) is 53.4. The minimum absolute atomic E-state index is 0.00520.